The first-order valence-corrected chi connectivity index (χ1v) is 7.64. The molecule has 0 saturated carbocycles. The number of allylic oxidation sites excluding steroid dienone is 3. The second kappa shape index (κ2) is 5.37. The first kappa shape index (κ1) is 15.5. The fraction of sp³-hybridized carbons (Fsp3) is 0.471. The van der Waals surface area contributed by atoms with Crippen molar-refractivity contribution in [3.05, 3.63) is 40.8 Å². The number of H-pyrrole nitrogens is 1. The van der Waals surface area contributed by atoms with Gasteiger partial charge in [0.05, 0.1) is 24.9 Å². The zero-order valence-electron chi connectivity index (χ0n) is 13.8. The van der Waals surface area contributed by atoms with Gasteiger partial charge in [0, 0.05) is 35.3 Å². The first-order valence-electron chi connectivity index (χ1n) is 7.64. The SMILES string of the molecule is COC(=O)C1=C(C)NC2=C(C(=O)CC(C)(C)C2)[C@H]1c1cnc[nH]1. The summed E-state index contributed by atoms with van der Waals surface area (Å²) >= 11 is 0. The highest BCUT2D eigenvalue weighted by Crippen LogP contribution is 2.46. The molecule has 2 N–H and O–H groups in total. The number of dihydropyridines is 1. The number of nitrogens with zero attached hydrogens (tertiary/aromatic N) is 1. The van der Waals surface area contributed by atoms with Crippen LogP contribution in [0.15, 0.2) is 35.1 Å². The van der Waals surface area contributed by atoms with Crippen molar-refractivity contribution < 1.29 is 14.3 Å². The van der Waals surface area contributed by atoms with Gasteiger partial charge in [-0.15, -0.1) is 0 Å². The lowest BCUT2D eigenvalue weighted by Gasteiger charge is -2.38. The number of imidazole rings is 1. The normalized spacial score (nSPS) is 23.5. The van der Waals surface area contributed by atoms with Crippen molar-refractivity contribution in [2.75, 3.05) is 7.11 Å². The van der Waals surface area contributed by atoms with Crippen molar-refractivity contribution >= 4 is 11.8 Å². The molecule has 0 aromatic carbocycles. The number of nitrogens with one attached hydrogen (secondary N) is 2. The summed E-state index contributed by atoms with van der Waals surface area (Å²) in [4.78, 5) is 32.2. The largest absolute Gasteiger partial charge is 0.466 e. The number of hydrogen-bond acceptors (Lipinski definition) is 5. The van der Waals surface area contributed by atoms with Crippen LogP contribution in [0.4, 0.5) is 0 Å². The van der Waals surface area contributed by atoms with Crippen LogP contribution in [0.5, 0.6) is 0 Å². The van der Waals surface area contributed by atoms with Crippen molar-refractivity contribution in [3.63, 3.8) is 0 Å². The van der Waals surface area contributed by atoms with Gasteiger partial charge in [-0.3, -0.25) is 4.79 Å². The average molecular weight is 315 g/mol. The minimum absolute atomic E-state index is 0.0669. The summed E-state index contributed by atoms with van der Waals surface area (Å²) in [6.07, 6.45) is 4.44. The van der Waals surface area contributed by atoms with Crippen molar-refractivity contribution in [1.82, 2.24) is 15.3 Å². The Hall–Kier alpha value is -2.37. The van der Waals surface area contributed by atoms with Gasteiger partial charge in [-0.1, -0.05) is 13.8 Å². The molecule has 1 atom stereocenters. The van der Waals surface area contributed by atoms with Gasteiger partial charge in [-0.25, -0.2) is 9.78 Å². The molecule has 0 bridgehead atoms. The summed E-state index contributed by atoms with van der Waals surface area (Å²) in [5.74, 6) is -0.819. The number of hydrogen-bond donors (Lipinski definition) is 2. The zero-order chi connectivity index (χ0) is 16.8. The molecule has 6 heteroatoms. The highest BCUT2D eigenvalue weighted by Gasteiger charge is 2.43. The van der Waals surface area contributed by atoms with E-state index in [1.54, 1.807) is 12.5 Å². The lowest BCUT2D eigenvalue weighted by Crippen LogP contribution is -2.38. The Morgan fingerprint density at radius 1 is 1.39 bits per heavy atom. The quantitative estimate of drug-likeness (QED) is 0.817. The maximum atomic E-state index is 12.8. The standard InChI is InChI=1S/C17H21N3O3/c1-9-13(16(22)23-4)15(11-7-18-8-19-11)14-10(20-9)5-17(2,3)6-12(14)21/h7-8,15,20H,5-6H2,1-4H3,(H,18,19)/t15-/m0/s1. The summed E-state index contributed by atoms with van der Waals surface area (Å²) in [5, 5.41) is 3.26. The van der Waals surface area contributed by atoms with Crippen LogP contribution in [0.3, 0.4) is 0 Å². The van der Waals surface area contributed by atoms with Crippen LogP contribution in [-0.4, -0.2) is 28.8 Å². The van der Waals surface area contributed by atoms with Crippen molar-refractivity contribution in [2.45, 2.75) is 39.5 Å². The maximum absolute atomic E-state index is 12.8. The van der Waals surface area contributed by atoms with E-state index in [9.17, 15) is 9.59 Å². The fourth-order valence-electron chi connectivity index (χ4n) is 3.55. The van der Waals surface area contributed by atoms with Crippen LogP contribution >= 0.6 is 0 Å². The van der Waals surface area contributed by atoms with E-state index in [0.717, 1.165) is 23.5 Å². The second-order valence-electron chi connectivity index (χ2n) is 6.93. The molecule has 0 amide bonds. The molecular formula is C17H21N3O3. The van der Waals surface area contributed by atoms with Gasteiger partial charge in [0.15, 0.2) is 5.78 Å². The lowest BCUT2D eigenvalue weighted by atomic mass is 9.69. The highest BCUT2D eigenvalue weighted by atomic mass is 16.5. The van der Waals surface area contributed by atoms with E-state index in [1.807, 2.05) is 6.92 Å². The number of aromatic amines is 1. The predicted octanol–water partition coefficient (Wildman–Crippen LogP) is 2.19. The van der Waals surface area contributed by atoms with E-state index in [0.29, 0.717) is 17.6 Å². The molecule has 3 rings (SSSR count). The highest BCUT2D eigenvalue weighted by molar-refractivity contribution is 6.04. The lowest BCUT2D eigenvalue weighted by molar-refractivity contribution is -0.136. The summed E-state index contributed by atoms with van der Waals surface area (Å²) in [7, 11) is 1.35. The monoisotopic (exact) mass is 315 g/mol. The predicted molar refractivity (Wildman–Crippen MR) is 84.2 cm³/mol. The number of carbonyl (C=O) groups excluding carboxylic acids is 2. The van der Waals surface area contributed by atoms with E-state index in [-0.39, 0.29) is 11.2 Å². The third-order valence-corrected chi connectivity index (χ3v) is 4.48. The van der Waals surface area contributed by atoms with Gasteiger partial charge in [0.1, 0.15) is 0 Å². The third kappa shape index (κ3) is 2.58. The van der Waals surface area contributed by atoms with E-state index in [1.165, 1.54) is 7.11 Å². The zero-order valence-corrected chi connectivity index (χ0v) is 13.8. The summed E-state index contributed by atoms with van der Waals surface area (Å²) < 4.78 is 4.94. The molecule has 1 aromatic heterocycles. The number of carbonyl (C=O) groups is 2. The number of ketones is 1. The fourth-order valence-corrected chi connectivity index (χ4v) is 3.55. The molecule has 6 nitrogen and oxygen atoms in total. The molecule has 2 aliphatic rings. The van der Waals surface area contributed by atoms with Gasteiger partial charge >= 0.3 is 5.97 Å². The van der Waals surface area contributed by atoms with Crippen molar-refractivity contribution in [3.8, 4) is 0 Å². The number of rotatable bonds is 2. The van der Waals surface area contributed by atoms with E-state index >= 15 is 0 Å². The minimum Gasteiger partial charge on any atom is -0.466 e. The molecule has 1 aliphatic heterocycles. The third-order valence-electron chi connectivity index (χ3n) is 4.48. The van der Waals surface area contributed by atoms with E-state index in [2.05, 4.69) is 29.1 Å². The molecule has 0 fully saturated rings. The number of Topliss-reactive ketones (excluding diaryl/α,β-unsaturated/α-hetero) is 1. The molecule has 0 radical (unpaired) electrons. The number of methoxy groups -OCH3 is 1. The van der Waals surface area contributed by atoms with Crippen molar-refractivity contribution in [1.29, 1.82) is 0 Å². The molecule has 1 aromatic rings. The van der Waals surface area contributed by atoms with Crippen LogP contribution < -0.4 is 5.32 Å². The molecule has 0 unspecified atom stereocenters. The average Bonchev–Trinajstić information content (AvgIpc) is 2.97. The Labute approximate surface area is 135 Å². The van der Waals surface area contributed by atoms with Crippen LogP contribution in [0.2, 0.25) is 0 Å². The van der Waals surface area contributed by atoms with Gasteiger partial charge in [-0.2, -0.15) is 0 Å². The first-order chi connectivity index (χ1) is 10.8. The summed E-state index contributed by atoms with van der Waals surface area (Å²) in [6.45, 7) is 6.00. The smallest absolute Gasteiger partial charge is 0.336 e. The van der Waals surface area contributed by atoms with E-state index in [4.69, 9.17) is 4.74 Å². The second-order valence-corrected chi connectivity index (χ2v) is 6.93. The number of esters is 1. The minimum atomic E-state index is -0.454. The molecule has 122 valence electrons. The Bertz CT molecular complexity index is 726. The van der Waals surface area contributed by atoms with Gasteiger partial charge < -0.3 is 15.0 Å². The topological polar surface area (TPSA) is 84.1 Å². The Kier molecular flexibility index (Phi) is 3.62. The van der Waals surface area contributed by atoms with Crippen LogP contribution in [-0.2, 0) is 14.3 Å². The van der Waals surface area contributed by atoms with Crippen molar-refractivity contribution in [2.24, 2.45) is 5.41 Å². The molecule has 1 aliphatic carbocycles. The molecule has 23 heavy (non-hydrogen) atoms. The Morgan fingerprint density at radius 2 is 2.13 bits per heavy atom. The summed E-state index contributed by atoms with van der Waals surface area (Å²) in [5.41, 5.74) is 3.37. The molecule has 0 saturated heterocycles. The number of aromatic nitrogens is 2. The van der Waals surface area contributed by atoms with Crippen LogP contribution in [0, 0.1) is 5.41 Å². The van der Waals surface area contributed by atoms with Crippen LogP contribution in [0.25, 0.3) is 0 Å². The molecule has 2 heterocycles. The van der Waals surface area contributed by atoms with E-state index < -0.39 is 11.9 Å². The Morgan fingerprint density at radius 3 is 2.74 bits per heavy atom. The Balaban J connectivity index is 2.17. The molecular weight excluding hydrogens is 294 g/mol. The molecule has 0 spiro atoms. The number of ether oxygens (including phenoxy) is 1. The van der Waals surface area contributed by atoms with Crippen LogP contribution in [0.1, 0.15) is 45.2 Å². The van der Waals surface area contributed by atoms with Gasteiger partial charge in [0.25, 0.3) is 0 Å². The summed E-state index contributed by atoms with van der Waals surface area (Å²) in [6, 6.07) is 0. The van der Waals surface area contributed by atoms with Gasteiger partial charge in [-0.05, 0) is 18.8 Å². The van der Waals surface area contributed by atoms with Gasteiger partial charge in [0.2, 0.25) is 0 Å². The maximum Gasteiger partial charge on any atom is 0.336 e.